The van der Waals surface area contributed by atoms with Gasteiger partial charge in [0.15, 0.2) is 10.9 Å². The van der Waals surface area contributed by atoms with E-state index in [1.54, 1.807) is 0 Å². The van der Waals surface area contributed by atoms with Gasteiger partial charge in [0.05, 0.1) is 12.5 Å². The van der Waals surface area contributed by atoms with E-state index in [2.05, 4.69) is 21.7 Å². The van der Waals surface area contributed by atoms with Gasteiger partial charge >= 0.3 is 0 Å². The largest absolute Gasteiger partial charge is 0.458 e. The van der Waals surface area contributed by atoms with Crippen LogP contribution in [-0.2, 0) is 22.6 Å². The van der Waals surface area contributed by atoms with Gasteiger partial charge in [-0.25, -0.2) is 4.98 Å². The molecule has 2 heterocycles. The number of amides is 2. The first-order chi connectivity index (χ1) is 13.6. The molecule has 0 saturated carbocycles. The number of aryl methyl sites for hydroxylation is 1. The van der Waals surface area contributed by atoms with Crippen LogP contribution in [0.25, 0.3) is 11.5 Å². The molecule has 144 valence electrons. The van der Waals surface area contributed by atoms with Gasteiger partial charge in [-0.1, -0.05) is 24.3 Å². The lowest BCUT2D eigenvalue weighted by Crippen LogP contribution is -2.24. The van der Waals surface area contributed by atoms with Gasteiger partial charge in [0.25, 0.3) is 0 Å². The molecular formula is C21H21N3O3S. The molecule has 2 N–H and O–H groups in total. The molecule has 1 aliphatic carbocycles. The number of nitrogens with one attached hydrogen (secondary N) is 2. The standard InChI is InChI=1S/C21H21N3O3S/c1-13(25)22-11-15-9-10-19(27-15)18-12-28-21(23-18)24-20(26)17-8-4-6-14-5-2-3-7-16(14)17/h2-3,5,7,9-10,12,17H,4,6,8,11H2,1H3,(H,22,25)(H,23,24,26). The molecule has 1 aliphatic rings. The quantitative estimate of drug-likeness (QED) is 0.681. The van der Waals surface area contributed by atoms with Gasteiger partial charge in [-0.2, -0.15) is 0 Å². The highest BCUT2D eigenvalue weighted by Crippen LogP contribution is 2.33. The van der Waals surface area contributed by atoms with E-state index in [-0.39, 0.29) is 17.7 Å². The lowest BCUT2D eigenvalue weighted by molar-refractivity contribution is -0.119. The fourth-order valence-electron chi connectivity index (χ4n) is 3.49. The summed E-state index contributed by atoms with van der Waals surface area (Å²) in [5.74, 6) is 1.01. The zero-order chi connectivity index (χ0) is 19.5. The van der Waals surface area contributed by atoms with E-state index < -0.39 is 0 Å². The third kappa shape index (κ3) is 3.99. The second-order valence-corrected chi connectivity index (χ2v) is 7.70. The minimum absolute atomic E-state index is 0.0150. The van der Waals surface area contributed by atoms with Gasteiger partial charge in [-0.3, -0.25) is 9.59 Å². The normalized spacial score (nSPS) is 15.7. The average molecular weight is 395 g/mol. The average Bonchev–Trinajstić information content (AvgIpc) is 3.35. The van der Waals surface area contributed by atoms with Crippen molar-refractivity contribution in [3.63, 3.8) is 0 Å². The van der Waals surface area contributed by atoms with E-state index in [1.807, 2.05) is 35.7 Å². The lowest BCUT2D eigenvalue weighted by Gasteiger charge is -2.24. The van der Waals surface area contributed by atoms with Gasteiger partial charge in [-0.15, -0.1) is 11.3 Å². The molecule has 0 bridgehead atoms. The summed E-state index contributed by atoms with van der Waals surface area (Å²) in [6.45, 7) is 1.80. The first-order valence-electron chi connectivity index (χ1n) is 9.28. The monoisotopic (exact) mass is 395 g/mol. The van der Waals surface area contributed by atoms with Crippen LogP contribution >= 0.6 is 11.3 Å². The number of carbonyl (C=O) groups is 2. The smallest absolute Gasteiger partial charge is 0.233 e. The number of furan rings is 1. The van der Waals surface area contributed by atoms with E-state index in [0.29, 0.717) is 28.9 Å². The molecule has 0 radical (unpaired) electrons. The van der Waals surface area contributed by atoms with Crippen molar-refractivity contribution in [3.05, 3.63) is 58.7 Å². The van der Waals surface area contributed by atoms with E-state index in [9.17, 15) is 9.59 Å². The molecule has 0 aliphatic heterocycles. The third-order valence-corrected chi connectivity index (χ3v) is 5.60. The molecule has 1 unspecified atom stereocenters. The molecule has 3 aromatic rings. The van der Waals surface area contributed by atoms with Gasteiger partial charge in [0, 0.05) is 12.3 Å². The molecule has 7 heteroatoms. The number of fused-ring (bicyclic) bond motifs is 1. The van der Waals surface area contributed by atoms with Crippen molar-refractivity contribution in [2.24, 2.45) is 0 Å². The van der Waals surface area contributed by atoms with Crippen LogP contribution < -0.4 is 10.6 Å². The Labute approximate surface area is 167 Å². The number of rotatable bonds is 5. The molecule has 2 amide bonds. The Morgan fingerprint density at radius 1 is 1.25 bits per heavy atom. The van der Waals surface area contributed by atoms with Crippen LogP contribution in [0, 0.1) is 0 Å². The van der Waals surface area contributed by atoms with Crippen LogP contribution in [-0.4, -0.2) is 16.8 Å². The van der Waals surface area contributed by atoms with Crippen molar-refractivity contribution in [2.45, 2.75) is 38.6 Å². The van der Waals surface area contributed by atoms with Crippen LogP contribution in [0.15, 0.2) is 46.2 Å². The number of carbonyl (C=O) groups excluding carboxylic acids is 2. The van der Waals surface area contributed by atoms with Crippen molar-refractivity contribution in [1.82, 2.24) is 10.3 Å². The first-order valence-corrected chi connectivity index (χ1v) is 10.2. The van der Waals surface area contributed by atoms with Crippen LogP contribution in [0.4, 0.5) is 5.13 Å². The number of nitrogens with zero attached hydrogens (tertiary/aromatic N) is 1. The summed E-state index contributed by atoms with van der Waals surface area (Å²) in [6, 6.07) is 11.8. The third-order valence-electron chi connectivity index (χ3n) is 4.85. The molecular weight excluding hydrogens is 374 g/mol. The highest BCUT2D eigenvalue weighted by atomic mass is 32.1. The molecule has 1 atom stereocenters. The minimum Gasteiger partial charge on any atom is -0.458 e. The minimum atomic E-state index is -0.134. The summed E-state index contributed by atoms with van der Waals surface area (Å²) in [7, 11) is 0. The van der Waals surface area contributed by atoms with Crippen molar-refractivity contribution in [2.75, 3.05) is 5.32 Å². The Morgan fingerprint density at radius 3 is 2.96 bits per heavy atom. The summed E-state index contributed by atoms with van der Waals surface area (Å²) in [6.07, 6.45) is 2.90. The zero-order valence-corrected chi connectivity index (χ0v) is 16.3. The van der Waals surface area contributed by atoms with Crippen LogP contribution in [0.5, 0.6) is 0 Å². The number of benzene rings is 1. The van der Waals surface area contributed by atoms with Crippen molar-refractivity contribution >= 4 is 28.3 Å². The van der Waals surface area contributed by atoms with Crippen LogP contribution in [0.1, 0.15) is 42.6 Å². The van der Waals surface area contributed by atoms with Gasteiger partial charge in [-0.05, 0) is 42.5 Å². The Balaban J connectivity index is 1.44. The Morgan fingerprint density at radius 2 is 2.11 bits per heavy atom. The summed E-state index contributed by atoms with van der Waals surface area (Å²) in [5, 5.41) is 8.07. The molecule has 0 saturated heterocycles. The first kappa shape index (κ1) is 18.4. The number of anilines is 1. The van der Waals surface area contributed by atoms with Crippen molar-refractivity contribution in [1.29, 1.82) is 0 Å². The maximum Gasteiger partial charge on any atom is 0.233 e. The molecule has 0 spiro atoms. The van der Waals surface area contributed by atoms with E-state index >= 15 is 0 Å². The highest BCUT2D eigenvalue weighted by molar-refractivity contribution is 7.14. The predicted octanol–water partition coefficient (Wildman–Crippen LogP) is 4.10. The van der Waals surface area contributed by atoms with Gasteiger partial charge in [0.2, 0.25) is 11.8 Å². The molecule has 2 aromatic heterocycles. The number of thiazole rings is 1. The van der Waals surface area contributed by atoms with E-state index in [0.717, 1.165) is 24.8 Å². The SMILES string of the molecule is CC(=O)NCc1ccc(-c2csc(NC(=O)C3CCCc4ccccc43)n2)o1. The molecule has 4 rings (SSSR count). The maximum atomic E-state index is 12.8. The van der Waals surface area contributed by atoms with Crippen molar-refractivity contribution < 1.29 is 14.0 Å². The highest BCUT2D eigenvalue weighted by Gasteiger charge is 2.26. The molecule has 0 fully saturated rings. The summed E-state index contributed by atoms with van der Waals surface area (Å²) in [5.41, 5.74) is 3.05. The number of hydrogen-bond donors (Lipinski definition) is 2. The molecule has 1 aromatic carbocycles. The fraction of sp³-hybridized carbons (Fsp3) is 0.286. The van der Waals surface area contributed by atoms with E-state index in [4.69, 9.17) is 4.42 Å². The van der Waals surface area contributed by atoms with Gasteiger partial charge in [0.1, 0.15) is 11.5 Å². The molecule has 28 heavy (non-hydrogen) atoms. The topological polar surface area (TPSA) is 84.2 Å². The summed E-state index contributed by atoms with van der Waals surface area (Å²) >= 11 is 1.37. The Kier molecular flexibility index (Phi) is 5.25. The van der Waals surface area contributed by atoms with E-state index in [1.165, 1.54) is 23.8 Å². The Hall–Kier alpha value is -2.93. The summed E-state index contributed by atoms with van der Waals surface area (Å²) < 4.78 is 5.72. The van der Waals surface area contributed by atoms with Crippen molar-refractivity contribution in [3.8, 4) is 11.5 Å². The number of hydrogen-bond acceptors (Lipinski definition) is 5. The Bertz CT molecular complexity index is 1010. The number of aromatic nitrogens is 1. The van der Waals surface area contributed by atoms with Crippen LogP contribution in [0.2, 0.25) is 0 Å². The zero-order valence-electron chi connectivity index (χ0n) is 15.5. The lowest BCUT2D eigenvalue weighted by atomic mass is 9.82. The maximum absolute atomic E-state index is 12.8. The predicted molar refractivity (Wildman–Crippen MR) is 108 cm³/mol. The van der Waals surface area contributed by atoms with Gasteiger partial charge < -0.3 is 15.1 Å². The fourth-order valence-corrected chi connectivity index (χ4v) is 4.19. The summed E-state index contributed by atoms with van der Waals surface area (Å²) in [4.78, 5) is 28.3. The second-order valence-electron chi connectivity index (χ2n) is 6.85. The second kappa shape index (κ2) is 7.98. The van der Waals surface area contributed by atoms with Crippen LogP contribution in [0.3, 0.4) is 0 Å². The molecule has 6 nitrogen and oxygen atoms in total.